The summed E-state index contributed by atoms with van der Waals surface area (Å²) in [5.74, 6) is 0.565. The van der Waals surface area contributed by atoms with Gasteiger partial charge in [0, 0.05) is 13.1 Å². The highest BCUT2D eigenvalue weighted by atomic mass is 32.2. The number of piperidine rings is 1. The van der Waals surface area contributed by atoms with Crippen molar-refractivity contribution in [3.8, 4) is 6.07 Å². The van der Waals surface area contributed by atoms with Crippen LogP contribution in [0, 0.1) is 24.2 Å². The molecule has 0 unspecified atom stereocenters. The molecule has 1 fully saturated rings. The Morgan fingerprint density at radius 3 is 2.60 bits per heavy atom. The number of rotatable bonds is 3. The van der Waals surface area contributed by atoms with Crippen molar-refractivity contribution >= 4 is 15.9 Å². The van der Waals surface area contributed by atoms with Crippen LogP contribution < -0.4 is 4.72 Å². The first-order chi connectivity index (χ1) is 9.44. The lowest BCUT2D eigenvalue weighted by atomic mass is 10.0. The van der Waals surface area contributed by atoms with Crippen LogP contribution in [0.3, 0.4) is 0 Å². The Labute approximate surface area is 120 Å². The van der Waals surface area contributed by atoms with E-state index in [0.29, 0.717) is 30.3 Å². The molecular formula is C14H19N3O2S. The Balaban J connectivity index is 2.21. The van der Waals surface area contributed by atoms with Gasteiger partial charge in [0.25, 0.3) is 0 Å². The van der Waals surface area contributed by atoms with E-state index in [9.17, 15) is 8.42 Å². The minimum absolute atomic E-state index is 0.353. The lowest BCUT2D eigenvalue weighted by Crippen LogP contribution is -2.41. The molecule has 5 nitrogen and oxygen atoms in total. The fourth-order valence-corrected chi connectivity index (χ4v) is 3.60. The van der Waals surface area contributed by atoms with Gasteiger partial charge in [0.1, 0.15) is 6.07 Å². The summed E-state index contributed by atoms with van der Waals surface area (Å²) in [7, 11) is -3.58. The van der Waals surface area contributed by atoms with Gasteiger partial charge in [-0.1, -0.05) is 19.1 Å². The average Bonchev–Trinajstić information content (AvgIpc) is 2.39. The Bertz CT molecular complexity index is 626. The molecule has 0 aromatic heterocycles. The predicted octanol–water partition coefficient (Wildman–Crippen LogP) is 2.26. The van der Waals surface area contributed by atoms with Gasteiger partial charge in [-0.2, -0.15) is 18.0 Å². The molecule has 1 aromatic carbocycles. The van der Waals surface area contributed by atoms with Crippen molar-refractivity contribution in [3.63, 3.8) is 0 Å². The Morgan fingerprint density at radius 1 is 1.35 bits per heavy atom. The van der Waals surface area contributed by atoms with Gasteiger partial charge < -0.3 is 0 Å². The molecule has 1 aromatic rings. The zero-order valence-electron chi connectivity index (χ0n) is 11.8. The van der Waals surface area contributed by atoms with Crippen molar-refractivity contribution in [1.82, 2.24) is 4.31 Å². The number of hydrogen-bond acceptors (Lipinski definition) is 3. The van der Waals surface area contributed by atoms with Gasteiger partial charge in [-0.15, -0.1) is 0 Å². The molecule has 0 amide bonds. The SMILES string of the molecule is Cc1cccc(NS(=O)(=O)N2CCC(C)CC2)c1C#N. The van der Waals surface area contributed by atoms with Crippen LogP contribution in [0.2, 0.25) is 0 Å². The Kier molecular flexibility index (Phi) is 4.31. The summed E-state index contributed by atoms with van der Waals surface area (Å²) in [6.45, 7) is 4.99. The van der Waals surface area contributed by atoms with Crippen molar-refractivity contribution in [2.75, 3.05) is 17.8 Å². The van der Waals surface area contributed by atoms with Gasteiger partial charge in [0.05, 0.1) is 11.3 Å². The van der Waals surface area contributed by atoms with Crippen LogP contribution in [0.1, 0.15) is 30.9 Å². The molecule has 2 rings (SSSR count). The minimum atomic E-state index is -3.58. The quantitative estimate of drug-likeness (QED) is 0.929. The Hall–Kier alpha value is -1.58. The van der Waals surface area contributed by atoms with E-state index in [-0.39, 0.29) is 0 Å². The lowest BCUT2D eigenvalue weighted by molar-refractivity contribution is 0.289. The average molecular weight is 293 g/mol. The molecule has 20 heavy (non-hydrogen) atoms. The third kappa shape index (κ3) is 3.11. The van der Waals surface area contributed by atoms with Crippen LogP contribution in [0.4, 0.5) is 5.69 Å². The molecular weight excluding hydrogens is 274 g/mol. The van der Waals surface area contributed by atoms with Crippen LogP contribution in [0.5, 0.6) is 0 Å². The highest BCUT2D eigenvalue weighted by Gasteiger charge is 2.27. The summed E-state index contributed by atoms with van der Waals surface area (Å²) in [6.07, 6.45) is 1.75. The molecule has 1 aliphatic heterocycles. The Morgan fingerprint density at radius 2 is 2.00 bits per heavy atom. The zero-order chi connectivity index (χ0) is 14.8. The molecule has 0 radical (unpaired) electrons. The van der Waals surface area contributed by atoms with Crippen molar-refractivity contribution in [1.29, 1.82) is 5.26 Å². The smallest absolute Gasteiger partial charge is 0.270 e. The second kappa shape index (κ2) is 5.81. The van der Waals surface area contributed by atoms with E-state index in [4.69, 9.17) is 5.26 Å². The van der Waals surface area contributed by atoms with Crippen LogP contribution in [0.25, 0.3) is 0 Å². The zero-order valence-corrected chi connectivity index (χ0v) is 12.6. The van der Waals surface area contributed by atoms with Crippen molar-refractivity contribution in [3.05, 3.63) is 29.3 Å². The topological polar surface area (TPSA) is 73.2 Å². The molecule has 0 bridgehead atoms. The summed E-state index contributed by atoms with van der Waals surface area (Å²) in [4.78, 5) is 0. The first-order valence-corrected chi connectivity index (χ1v) is 8.15. The summed E-state index contributed by atoms with van der Waals surface area (Å²) in [5.41, 5.74) is 1.49. The molecule has 0 atom stereocenters. The van der Waals surface area contributed by atoms with E-state index < -0.39 is 10.2 Å². The summed E-state index contributed by atoms with van der Waals surface area (Å²) in [6, 6.07) is 7.20. The number of aryl methyl sites for hydroxylation is 1. The molecule has 6 heteroatoms. The maximum Gasteiger partial charge on any atom is 0.301 e. The van der Waals surface area contributed by atoms with Crippen LogP contribution in [0.15, 0.2) is 18.2 Å². The van der Waals surface area contributed by atoms with Crippen LogP contribution in [-0.4, -0.2) is 25.8 Å². The van der Waals surface area contributed by atoms with Gasteiger partial charge in [-0.05, 0) is 37.3 Å². The summed E-state index contributed by atoms with van der Waals surface area (Å²) in [5, 5.41) is 9.14. The van der Waals surface area contributed by atoms with Crippen molar-refractivity contribution in [2.24, 2.45) is 5.92 Å². The van der Waals surface area contributed by atoms with Gasteiger partial charge >= 0.3 is 10.2 Å². The second-order valence-corrected chi connectivity index (χ2v) is 6.97. The molecule has 0 aliphatic carbocycles. The monoisotopic (exact) mass is 293 g/mol. The minimum Gasteiger partial charge on any atom is -0.270 e. The van der Waals surface area contributed by atoms with Crippen LogP contribution in [-0.2, 0) is 10.2 Å². The highest BCUT2D eigenvalue weighted by molar-refractivity contribution is 7.90. The third-order valence-corrected chi connectivity index (χ3v) is 5.23. The van der Waals surface area contributed by atoms with Gasteiger partial charge in [0.2, 0.25) is 0 Å². The van der Waals surface area contributed by atoms with Crippen molar-refractivity contribution in [2.45, 2.75) is 26.7 Å². The number of hydrogen-bond donors (Lipinski definition) is 1. The number of nitrogens with one attached hydrogen (secondary N) is 1. The van der Waals surface area contributed by atoms with Gasteiger partial charge in [0.15, 0.2) is 0 Å². The normalized spacial score (nSPS) is 17.6. The van der Waals surface area contributed by atoms with Crippen LogP contribution >= 0.6 is 0 Å². The van der Waals surface area contributed by atoms with E-state index in [1.54, 1.807) is 25.1 Å². The molecule has 0 saturated carbocycles. The van der Waals surface area contributed by atoms with Gasteiger partial charge in [-0.25, -0.2) is 0 Å². The summed E-state index contributed by atoms with van der Waals surface area (Å²) >= 11 is 0. The number of nitriles is 1. The predicted molar refractivity (Wildman–Crippen MR) is 78.4 cm³/mol. The van der Waals surface area contributed by atoms with E-state index in [0.717, 1.165) is 18.4 Å². The maximum absolute atomic E-state index is 12.3. The van der Waals surface area contributed by atoms with E-state index in [1.165, 1.54) is 4.31 Å². The van der Waals surface area contributed by atoms with E-state index in [2.05, 4.69) is 17.7 Å². The fraction of sp³-hybridized carbons (Fsp3) is 0.500. The molecule has 1 N–H and O–H groups in total. The largest absolute Gasteiger partial charge is 0.301 e. The maximum atomic E-state index is 12.3. The molecule has 1 aliphatic rings. The van der Waals surface area contributed by atoms with Crippen molar-refractivity contribution < 1.29 is 8.42 Å². The molecule has 0 spiro atoms. The summed E-state index contributed by atoms with van der Waals surface area (Å²) < 4.78 is 28.7. The highest BCUT2D eigenvalue weighted by Crippen LogP contribution is 2.23. The van der Waals surface area contributed by atoms with Gasteiger partial charge in [-0.3, -0.25) is 4.72 Å². The molecule has 1 heterocycles. The lowest BCUT2D eigenvalue weighted by Gasteiger charge is -2.29. The standard InChI is InChI=1S/C14H19N3O2S/c1-11-6-8-17(9-7-11)20(18,19)16-14-5-3-4-12(2)13(14)10-15/h3-5,11,16H,6-9H2,1-2H3. The molecule has 108 valence electrons. The number of nitrogens with zero attached hydrogens (tertiary/aromatic N) is 2. The fourth-order valence-electron chi connectivity index (χ4n) is 2.33. The van der Waals surface area contributed by atoms with E-state index in [1.807, 2.05) is 0 Å². The van der Waals surface area contributed by atoms with E-state index >= 15 is 0 Å². The first-order valence-electron chi connectivity index (χ1n) is 6.71. The number of benzene rings is 1. The first kappa shape index (κ1) is 14.8. The molecule has 1 saturated heterocycles. The third-order valence-electron chi connectivity index (χ3n) is 3.71. The number of anilines is 1. The second-order valence-electron chi connectivity index (χ2n) is 5.30.